The molecule has 0 bridgehead atoms. The summed E-state index contributed by atoms with van der Waals surface area (Å²) < 4.78 is 11.1. The van der Waals surface area contributed by atoms with Gasteiger partial charge in [0.2, 0.25) is 0 Å². The first-order valence-electron chi connectivity index (χ1n) is 8.47. The van der Waals surface area contributed by atoms with E-state index >= 15 is 0 Å². The summed E-state index contributed by atoms with van der Waals surface area (Å²) >= 11 is 0. The number of rotatable bonds is 8. The van der Waals surface area contributed by atoms with E-state index < -0.39 is 5.97 Å². The number of nitrogens with zero attached hydrogens (tertiary/aromatic N) is 1. The van der Waals surface area contributed by atoms with Gasteiger partial charge in [0.1, 0.15) is 0 Å². The van der Waals surface area contributed by atoms with Gasteiger partial charge in [-0.1, -0.05) is 12.1 Å². The van der Waals surface area contributed by atoms with Crippen molar-refractivity contribution in [1.82, 2.24) is 4.90 Å². The molecule has 1 fully saturated rings. The molecule has 1 saturated heterocycles. The summed E-state index contributed by atoms with van der Waals surface area (Å²) in [5.41, 5.74) is 0. The Bertz CT molecular complexity index is 560. The van der Waals surface area contributed by atoms with E-state index in [1.54, 1.807) is 17.0 Å². The molecular formula is C18H25NO5. The molecule has 0 radical (unpaired) electrons. The Balaban J connectivity index is 1.93. The summed E-state index contributed by atoms with van der Waals surface area (Å²) in [6.07, 6.45) is 3.42. The van der Waals surface area contributed by atoms with Gasteiger partial charge in [-0.15, -0.1) is 0 Å². The van der Waals surface area contributed by atoms with Crippen LogP contribution in [-0.4, -0.2) is 47.7 Å². The van der Waals surface area contributed by atoms with Crippen molar-refractivity contribution < 1.29 is 24.2 Å². The smallest absolute Gasteiger partial charge is 0.303 e. The van der Waals surface area contributed by atoms with Gasteiger partial charge in [0.05, 0.1) is 6.61 Å². The number of benzene rings is 1. The maximum Gasteiger partial charge on any atom is 0.303 e. The zero-order valence-electron chi connectivity index (χ0n) is 14.1. The standard InChI is InChI=1S/C18H25NO5/c1-2-23-15-8-3-4-9-16(15)24-13-17(20)19-12-6-5-7-14(19)10-11-18(21)22/h3-4,8-9,14H,2,5-7,10-13H2,1H3,(H,21,22)/t14-/m0/s1. The van der Waals surface area contributed by atoms with Crippen molar-refractivity contribution in [2.45, 2.75) is 45.1 Å². The van der Waals surface area contributed by atoms with Crippen molar-refractivity contribution in [3.63, 3.8) is 0 Å². The molecule has 0 saturated carbocycles. The first-order valence-corrected chi connectivity index (χ1v) is 8.47. The molecule has 1 aliphatic heterocycles. The van der Waals surface area contributed by atoms with Gasteiger partial charge in [-0.2, -0.15) is 0 Å². The van der Waals surface area contributed by atoms with Crippen LogP contribution in [0.15, 0.2) is 24.3 Å². The predicted octanol–water partition coefficient (Wildman–Crippen LogP) is 2.71. The Morgan fingerprint density at radius 3 is 2.58 bits per heavy atom. The molecule has 1 aromatic carbocycles. The van der Waals surface area contributed by atoms with E-state index in [9.17, 15) is 9.59 Å². The lowest BCUT2D eigenvalue weighted by atomic mass is 9.98. The van der Waals surface area contributed by atoms with Gasteiger partial charge in [0.25, 0.3) is 5.91 Å². The summed E-state index contributed by atoms with van der Waals surface area (Å²) in [5, 5.41) is 8.86. The van der Waals surface area contributed by atoms with E-state index in [0.29, 0.717) is 31.1 Å². The molecule has 1 heterocycles. The van der Waals surface area contributed by atoms with Gasteiger partial charge < -0.3 is 19.5 Å². The Labute approximate surface area is 142 Å². The van der Waals surface area contributed by atoms with Crippen molar-refractivity contribution in [2.75, 3.05) is 19.8 Å². The SMILES string of the molecule is CCOc1ccccc1OCC(=O)N1CCCC[C@H]1CCC(=O)O. The first-order chi connectivity index (χ1) is 11.6. The number of aliphatic carboxylic acids is 1. The van der Waals surface area contributed by atoms with Crippen molar-refractivity contribution in [1.29, 1.82) is 0 Å². The van der Waals surface area contributed by atoms with Gasteiger partial charge in [-0.3, -0.25) is 9.59 Å². The molecule has 0 aromatic heterocycles. The fourth-order valence-electron chi connectivity index (χ4n) is 2.99. The van der Waals surface area contributed by atoms with Crippen molar-refractivity contribution >= 4 is 11.9 Å². The fraction of sp³-hybridized carbons (Fsp3) is 0.556. The van der Waals surface area contributed by atoms with Crippen LogP contribution < -0.4 is 9.47 Å². The highest BCUT2D eigenvalue weighted by Crippen LogP contribution is 2.27. The van der Waals surface area contributed by atoms with Crippen molar-refractivity contribution in [3.05, 3.63) is 24.3 Å². The zero-order valence-corrected chi connectivity index (χ0v) is 14.1. The Kier molecular flexibility index (Phi) is 6.90. The fourth-order valence-corrected chi connectivity index (χ4v) is 2.99. The monoisotopic (exact) mass is 335 g/mol. The van der Waals surface area contributed by atoms with Crippen LogP contribution >= 0.6 is 0 Å². The molecule has 0 unspecified atom stereocenters. The van der Waals surface area contributed by atoms with Crippen LogP contribution in [0.5, 0.6) is 11.5 Å². The lowest BCUT2D eigenvalue weighted by Crippen LogP contribution is -2.46. The summed E-state index contributed by atoms with van der Waals surface area (Å²) in [5.74, 6) is 0.243. The number of piperidine rings is 1. The van der Waals surface area contributed by atoms with Crippen LogP contribution in [0.4, 0.5) is 0 Å². The van der Waals surface area contributed by atoms with E-state index in [4.69, 9.17) is 14.6 Å². The highest BCUT2D eigenvalue weighted by Gasteiger charge is 2.27. The molecule has 0 spiro atoms. The molecule has 6 heteroatoms. The van der Waals surface area contributed by atoms with Crippen LogP contribution in [0.3, 0.4) is 0 Å². The number of carboxylic acid groups (broad SMARTS) is 1. The number of hydrogen-bond acceptors (Lipinski definition) is 4. The quantitative estimate of drug-likeness (QED) is 0.790. The maximum atomic E-state index is 12.5. The Morgan fingerprint density at radius 1 is 1.21 bits per heavy atom. The van der Waals surface area contributed by atoms with E-state index in [1.807, 2.05) is 19.1 Å². The molecule has 2 rings (SSSR count). The Morgan fingerprint density at radius 2 is 1.92 bits per heavy atom. The van der Waals surface area contributed by atoms with Crippen LogP contribution in [-0.2, 0) is 9.59 Å². The topological polar surface area (TPSA) is 76.1 Å². The number of carbonyl (C=O) groups is 2. The first kappa shape index (κ1) is 18.1. The summed E-state index contributed by atoms with van der Waals surface area (Å²) in [7, 11) is 0. The largest absolute Gasteiger partial charge is 0.490 e. The third kappa shape index (κ3) is 5.15. The molecule has 0 aliphatic carbocycles. The predicted molar refractivity (Wildman–Crippen MR) is 89.3 cm³/mol. The third-order valence-electron chi connectivity index (χ3n) is 4.14. The van der Waals surface area contributed by atoms with Crippen molar-refractivity contribution in [2.24, 2.45) is 0 Å². The second-order valence-corrected chi connectivity index (χ2v) is 5.84. The van der Waals surface area contributed by atoms with Crippen molar-refractivity contribution in [3.8, 4) is 11.5 Å². The highest BCUT2D eigenvalue weighted by atomic mass is 16.5. The number of carboxylic acids is 1. The molecule has 1 atom stereocenters. The Hall–Kier alpha value is -2.24. The molecule has 1 aromatic rings. The number of ether oxygens (including phenoxy) is 2. The van der Waals surface area contributed by atoms with E-state index in [0.717, 1.165) is 19.3 Å². The number of para-hydroxylation sites is 2. The summed E-state index contributed by atoms with van der Waals surface area (Å²) in [4.78, 5) is 25.1. The molecule has 1 aliphatic rings. The maximum absolute atomic E-state index is 12.5. The van der Waals surface area contributed by atoms with E-state index in [1.165, 1.54) is 0 Å². The lowest BCUT2D eigenvalue weighted by Gasteiger charge is -2.35. The normalized spacial score (nSPS) is 17.4. The van der Waals surface area contributed by atoms with Crippen LogP contribution in [0.2, 0.25) is 0 Å². The van der Waals surface area contributed by atoms with Gasteiger partial charge in [-0.05, 0) is 44.7 Å². The zero-order chi connectivity index (χ0) is 17.4. The molecule has 1 amide bonds. The molecule has 132 valence electrons. The van der Waals surface area contributed by atoms with Crippen LogP contribution in [0, 0.1) is 0 Å². The van der Waals surface area contributed by atoms with Gasteiger partial charge in [-0.25, -0.2) is 0 Å². The van der Waals surface area contributed by atoms with Gasteiger partial charge in [0.15, 0.2) is 18.1 Å². The second kappa shape index (κ2) is 9.15. The minimum atomic E-state index is -0.824. The highest BCUT2D eigenvalue weighted by molar-refractivity contribution is 5.78. The third-order valence-corrected chi connectivity index (χ3v) is 4.14. The number of likely N-dealkylation sites (tertiary alicyclic amines) is 1. The van der Waals surface area contributed by atoms with E-state index in [-0.39, 0.29) is 25.0 Å². The average Bonchev–Trinajstić information content (AvgIpc) is 2.59. The van der Waals surface area contributed by atoms with Crippen LogP contribution in [0.25, 0.3) is 0 Å². The second-order valence-electron chi connectivity index (χ2n) is 5.84. The van der Waals surface area contributed by atoms with Gasteiger partial charge >= 0.3 is 5.97 Å². The van der Waals surface area contributed by atoms with E-state index in [2.05, 4.69) is 0 Å². The molecule has 24 heavy (non-hydrogen) atoms. The lowest BCUT2D eigenvalue weighted by molar-refractivity contribution is -0.141. The summed E-state index contributed by atoms with van der Waals surface area (Å²) in [6.45, 7) is 3.02. The minimum absolute atomic E-state index is 0.00640. The van der Waals surface area contributed by atoms with Gasteiger partial charge in [0, 0.05) is 19.0 Å². The van der Waals surface area contributed by atoms with Crippen LogP contribution in [0.1, 0.15) is 39.0 Å². The number of hydrogen-bond donors (Lipinski definition) is 1. The molecule has 1 N–H and O–H groups in total. The summed E-state index contributed by atoms with van der Waals surface area (Å²) in [6, 6.07) is 7.26. The molecular weight excluding hydrogens is 310 g/mol. The number of carbonyl (C=O) groups excluding carboxylic acids is 1. The number of amides is 1. The molecule has 6 nitrogen and oxygen atoms in total. The minimum Gasteiger partial charge on any atom is -0.490 e. The average molecular weight is 335 g/mol.